The van der Waals surface area contributed by atoms with Crippen molar-refractivity contribution in [2.24, 2.45) is 0 Å². The van der Waals surface area contributed by atoms with Gasteiger partial charge in [-0.25, -0.2) is 4.79 Å². The molecule has 0 aromatic heterocycles. The third-order valence-electron chi connectivity index (χ3n) is 3.63. The van der Waals surface area contributed by atoms with E-state index in [1.807, 2.05) is 36.4 Å². The van der Waals surface area contributed by atoms with Gasteiger partial charge >= 0.3 is 5.97 Å². The molecule has 3 aromatic rings. The highest BCUT2D eigenvalue weighted by Gasteiger charge is 2.12. The Hall–Kier alpha value is -2.32. The van der Waals surface area contributed by atoms with Crippen molar-refractivity contribution < 1.29 is 9.53 Å². The average molecular weight is 311 g/mol. The summed E-state index contributed by atoms with van der Waals surface area (Å²) in [7, 11) is 0. The van der Waals surface area contributed by atoms with E-state index in [0.29, 0.717) is 16.3 Å². The van der Waals surface area contributed by atoms with Crippen LogP contribution in [0.3, 0.4) is 0 Å². The maximum Gasteiger partial charge on any atom is 0.343 e. The topological polar surface area (TPSA) is 26.3 Å². The Morgan fingerprint density at radius 1 is 0.955 bits per heavy atom. The Morgan fingerprint density at radius 3 is 2.32 bits per heavy atom. The number of hydrogen-bond acceptors (Lipinski definition) is 2. The van der Waals surface area contributed by atoms with Crippen molar-refractivity contribution in [3.63, 3.8) is 0 Å². The molecule has 2 nitrogen and oxygen atoms in total. The molecule has 0 saturated carbocycles. The van der Waals surface area contributed by atoms with Crippen LogP contribution in [0.5, 0.6) is 5.75 Å². The summed E-state index contributed by atoms with van der Waals surface area (Å²) in [5, 5.41) is 2.34. The number of carbonyl (C=O) groups is 1. The summed E-state index contributed by atoms with van der Waals surface area (Å²) in [6.07, 6.45) is 0.942. The van der Waals surface area contributed by atoms with Gasteiger partial charge in [0.25, 0.3) is 0 Å². The highest BCUT2D eigenvalue weighted by Crippen LogP contribution is 2.31. The van der Waals surface area contributed by atoms with Crippen LogP contribution in [-0.2, 0) is 6.42 Å². The van der Waals surface area contributed by atoms with Crippen molar-refractivity contribution in [1.29, 1.82) is 0 Å². The molecule has 0 N–H and O–H groups in total. The van der Waals surface area contributed by atoms with Crippen molar-refractivity contribution in [3.8, 4) is 5.75 Å². The molecule has 0 radical (unpaired) electrons. The van der Waals surface area contributed by atoms with Crippen molar-refractivity contribution >= 4 is 28.3 Å². The quantitative estimate of drug-likeness (QED) is 0.486. The van der Waals surface area contributed by atoms with E-state index >= 15 is 0 Å². The molecular weight excluding hydrogens is 296 g/mol. The highest BCUT2D eigenvalue weighted by atomic mass is 35.5. The van der Waals surface area contributed by atoms with E-state index in [9.17, 15) is 4.79 Å². The van der Waals surface area contributed by atoms with Gasteiger partial charge in [-0.15, -0.1) is 0 Å². The van der Waals surface area contributed by atoms with E-state index in [1.54, 1.807) is 24.3 Å². The van der Waals surface area contributed by atoms with Crippen LogP contribution in [0.4, 0.5) is 0 Å². The molecule has 0 aliphatic rings. The predicted molar refractivity (Wildman–Crippen MR) is 89.7 cm³/mol. The van der Waals surface area contributed by atoms with Crippen LogP contribution >= 0.6 is 11.6 Å². The van der Waals surface area contributed by atoms with Gasteiger partial charge in [0.05, 0.1) is 5.56 Å². The third kappa shape index (κ3) is 2.83. The zero-order chi connectivity index (χ0) is 15.5. The van der Waals surface area contributed by atoms with Gasteiger partial charge in [-0.1, -0.05) is 54.9 Å². The van der Waals surface area contributed by atoms with Gasteiger partial charge < -0.3 is 4.74 Å². The first kappa shape index (κ1) is 14.6. The van der Waals surface area contributed by atoms with Crippen LogP contribution in [0, 0.1) is 0 Å². The Kier molecular flexibility index (Phi) is 4.12. The highest BCUT2D eigenvalue weighted by molar-refractivity contribution is 6.35. The lowest BCUT2D eigenvalue weighted by Crippen LogP contribution is -2.08. The summed E-state index contributed by atoms with van der Waals surface area (Å²) in [5.74, 6) is 0.152. The minimum atomic E-state index is -0.366. The molecule has 0 unspecified atom stereocenters. The van der Waals surface area contributed by atoms with Crippen LogP contribution in [0.15, 0.2) is 60.7 Å². The lowest BCUT2D eigenvalue weighted by atomic mass is 10.1. The average Bonchev–Trinajstić information content (AvgIpc) is 2.57. The second-order valence-electron chi connectivity index (χ2n) is 5.03. The molecule has 110 valence electrons. The van der Waals surface area contributed by atoms with E-state index in [1.165, 1.54) is 5.56 Å². The van der Waals surface area contributed by atoms with Gasteiger partial charge in [-0.3, -0.25) is 0 Å². The molecular formula is C19H15ClO2. The smallest absolute Gasteiger partial charge is 0.343 e. The maximum atomic E-state index is 12.3. The lowest BCUT2D eigenvalue weighted by molar-refractivity contribution is 0.0737. The summed E-state index contributed by atoms with van der Waals surface area (Å²) in [5.41, 5.74) is 1.73. The summed E-state index contributed by atoms with van der Waals surface area (Å²) in [4.78, 5) is 12.3. The molecule has 0 amide bonds. The van der Waals surface area contributed by atoms with Gasteiger partial charge in [0.2, 0.25) is 0 Å². The SMILES string of the molecule is CCc1ccc(C(=O)Oc2ccc(Cl)c3ccccc23)cc1. The molecule has 0 bridgehead atoms. The molecule has 22 heavy (non-hydrogen) atoms. The first-order valence-corrected chi connectivity index (χ1v) is 7.55. The summed E-state index contributed by atoms with van der Waals surface area (Å²) in [6, 6.07) is 18.5. The van der Waals surface area contributed by atoms with Gasteiger partial charge in [0, 0.05) is 15.8 Å². The first-order chi connectivity index (χ1) is 10.7. The number of carbonyl (C=O) groups excluding carboxylic acids is 1. The summed E-state index contributed by atoms with van der Waals surface area (Å²) < 4.78 is 5.54. The van der Waals surface area contributed by atoms with E-state index < -0.39 is 0 Å². The number of fused-ring (bicyclic) bond motifs is 1. The van der Waals surface area contributed by atoms with E-state index in [4.69, 9.17) is 16.3 Å². The van der Waals surface area contributed by atoms with E-state index in [-0.39, 0.29) is 5.97 Å². The Bertz CT molecular complexity index is 822. The second kappa shape index (κ2) is 6.20. The molecule has 3 heteroatoms. The number of benzene rings is 3. The largest absolute Gasteiger partial charge is 0.422 e. The summed E-state index contributed by atoms with van der Waals surface area (Å²) >= 11 is 6.18. The zero-order valence-electron chi connectivity index (χ0n) is 12.2. The van der Waals surface area contributed by atoms with Crippen LogP contribution in [-0.4, -0.2) is 5.97 Å². The van der Waals surface area contributed by atoms with Crippen molar-refractivity contribution in [2.75, 3.05) is 0 Å². The Balaban J connectivity index is 1.92. The lowest BCUT2D eigenvalue weighted by Gasteiger charge is -2.09. The molecule has 3 aromatic carbocycles. The molecule has 0 aliphatic carbocycles. The molecule has 0 saturated heterocycles. The predicted octanol–water partition coefficient (Wildman–Crippen LogP) is 5.27. The monoisotopic (exact) mass is 310 g/mol. The number of rotatable bonds is 3. The minimum absolute atomic E-state index is 0.366. The van der Waals surface area contributed by atoms with Gasteiger partial charge in [0.15, 0.2) is 0 Å². The fourth-order valence-corrected chi connectivity index (χ4v) is 2.59. The molecule has 3 rings (SSSR count). The minimum Gasteiger partial charge on any atom is -0.422 e. The second-order valence-corrected chi connectivity index (χ2v) is 5.44. The normalized spacial score (nSPS) is 10.6. The zero-order valence-corrected chi connectivity index (χ0v) is 12.9. The van der Waals surface area contributed by atoms with Crippen LogP contribution in [0.1, 0.15) is 22.8 Å². The van der Waals surface area contributed by atoms with Crippen LogP contribution in [0.2, 0.25) is 5.02 Å². The van der Waals surface area contributed by atoms with Gasteiger partial charge in [0.1, 0.15) is 5.75 Å². The number of hydrogen-bond donors (Lipinski definition) is 0. The fraction of sp³-hybridized carbons (Fsp3) is 0.105. The van der Waals surface area contributed by atoms with Crippen molar-refractivity contribution in [1.82, 2.24) is 0 Å². The molecule has 0 atom stereocenters. The van der Waals surface area contributed by atoms with Crippen molar-refractivity contribution in [3.05, 3.63) is 76.8 Å². The standard InChI is InChI=1S/C19H15ClO2/c1-2-13-7-9-14(10-8-13)19(21)22-18-12-11-17(20)15-5-3-4-6-16(15)18/h3-12H,2H2,1H3. The van der Waals surface area contributed by atoms with Gasteiger partial charge in [-0.2, -0.15) is 0 Å². The molecule has 0 aliphatic heterocycles. The number of aryl methyl sites for hydroxylation is 1. The molecule has 0 fully saturated rings. The molecule has 0 heterocycles. The molecule has 0 spiro atoms. The van der Waals surface area contributed by atoms with E-state index in [0.717, 1.165) is 17.2 Å². The van der Waals surface area contributed by atoms with Gasteiger partial charge in [-0.05, 0) is 36.2 Å². The Labute approximate surface area is 134 Å². The third-order valence-corrected chi connectivity index (χ3v) is 3.96. The Morgan fingerprint density at radius 2 is 1.64 bits per heavy atom. The number of halogens is 1. The first-order valence-electron chi connectivity index (χ1n) is 7.17. The fourth-order valence-electron chi connectivity index (χ4n) is 2.36. The summed E-state index contributed by atoms with van der Waals surface area (Å²) in [6.45, 7) is 2.08. The maximum absolute atomic E-state index is 12.3. The van der Waals surface area contributed by atoms with E-state index in [2.05, 4.69) is 6.92 Å². The number of ether oxygens (including phenoxy) is 1. The van der Waals surface area contributed by atoms with Crippen LogP contribution < -0.4 is 4.74 Å². The number of esters is 1. The van der Waals surface area contributed by atoms with Crippen LogP contribution in [0.25, 0.3) is 10.8 Å². The van der Waals surface area contributed by atoms with Crippen molar-refractivity contribution in [2.45, 2.75) is 13.3 Å².